The topological polar surface area (TPSA) is 91.6 Å². The fraction of sp³-hybridized carbons (Fsp3) is 0.385. The van der Waals surface area contributed by atoms with Crippen molar-refractivity contribution in [2.75, 3.05) is 6.61 Å². The average Bonchev–Trinajstić information content (AvgIpc) is 2.32. The van der Waals surface area contributed by atoms with Crippen LogP contribution in [0.5, 0.6) is 0 Å². The van der Waals surface area contributed by atoms with Crippen LogP contribution in [0.1, 0.15) is 27.2 Å². The van der Waals surface area contributed by atoms with E-state index in [1.807, 2.05) is 6.92 Å². The molecule has 1 heterocycles. The van der Waals surface area contributed by atoms with Crippen molar-refractivity contribution in [1.82, 2.24) is 5.32 Å². The molecule has 0 fully saturated rings. The molecule has 6 nitrogen and oxygen atoms in total. The zero-order valence-corrected chi connectivity index (χ0v) is 11.2. The summed E-state index contributed by atoms with van der Waals surface area (Å²) in [5.41, 5.74) is 1.83. The van der Waals surface area contributed by atoms with Gasteiger partial charge in [0.25, 0.3) is 0 Å². The molecular weight excluding hydrogens is 246 g/mol. The van der Waals surface area contributed by atoms with E-state index in [0.717, 1.165) is 5.70 Å². The van der Waals surface area contributed by atoms with Crippen molar-refractivity contribution in [1.29, 1.82) is 5.41 Å². The molecule has 0 atom stereocenters. The molecule has 0 spiro atoms. The number of Topliss-reactive ketones (excluding diaryl/α,β-unsaturated/α-hetero) is 1. The van der Waals surface area contributed by atoms with E-state index in [-0.39, 0.29) is 12.3 Å². The Kier molecular flexibility index (Phi) is 5.17. The lowest BCUT2D eigenvalue weighted by atomic mass is 10.1. The first-order valence-electron chi connectivity index (χ1n) is 5.92. The van der Waals surface area contributed by atoms with Gasteiger partial charge in [0.15, 0.2) is 5.78 Å². The fourth-order valence-electron chi connectivity index (χ4n) is 1.45. The van der Waals surface area contributed by atoms with Crippen LogP contribution in [0.15, 0.2) is 28.7 Å². The predicted octanol–water partition coefficient (Wildman–Crippen LogP) is 1.34. The maximum atomic E-state index is 11.6. The van der Waals surface area contributed by atoms with Gasteiger partial charge in [-0.2, -0.15) is 0 Å². The number of carbonyl (C=O) groups is 2. The largest absolute Gasteiger partial charge is 0.466 e. The molecule has 0 aromatic rings. The van der Waals surface area contributed by atoms with E-state index < -0.39 is 18.2 Å². The molecule has 2 N–H and O–H groups in total. The van der Waals surface area contributed by atoms with Crippen molar-refractivity contribution >= 4 is 23.2 Å². The van der Waals surface area contributed by atoms with Crippen molar-refractivity contribution in [2.45, 2.75) is 27.2 Å². The number of aliphatic imine (C=N–C) groups is 1. The summed E-state index contributed by atoms with van der Waals surface area (Å²) >= 11 is 0. The average molecular weight is 263 g/mol. The number of allylic oxidation sites excluding steroid dienone is 3. The Morgan fingerprint density at radius 3 is 2.74 bits per heavy atom. The third-order valence-corrected chi connectivity index (χ3v) is 2.37. The Morgan fingerprint density at radius 2 is 2.16 bits per heavy atom. The smallest absolute Gasteiger partial charge is 0.313 e. The monoisotopic (exact) mass is 263 g/mol. The van der Waals surface area contributed by atoms with E-state index in [1.165, 1.54) is 6.08 Å². The van der Waals surface area contributed by atoms with Gasteiger partial charge in [-0.05, 0) is 26.8 Å². The first kappa shape index (κ1) is 14.8. The van der Waals surface area contributed by atoms with Crippen LogP contribution >= 0.6 is 0 Å². The lowest BCUT2D eigenvalue weighted by molar-refractivity contribution is -0.144. The van der Waals surface area contributed by atoms with Crippen molar-refractivity contribution < 1.29 is 14.3 Å². The van der Waals surface area contributed by atoms with Crippen LogP contribution in [0.3, 0.4) is 0 Å². The first-order chi connectivity index (χ1) is 8.93. The summed E-state index contributed by atoms with van der Waals surface area (Å²) in [5.74, 6) is -1.19. The summed E-state index contributed by atoms with van der Waals surface area (Å²) < 4.78 is 4.66. The van der Waals surface area contributed by atoms with Gasteiger partial charge in [0, 0.05) is 6.20 Å². The Labute approximate surface area is 111 Å². The van der Waals surface area contributed by atoms with Crippen molar-refractivity contribution in [2.24, 2.45) is 4.99 Å². The minimum atomic E-state index is -0.617. The summed E-state index contributed by atoms with van der Waals surface area (Å²) in [4.78, 5) is 27.0. The molecule has 1 aliphatic rings. The number of hydrogen-bond donors (Lipinski definition) is 2. The number of rotatable bonds is 5. The lowest BCUT2D eigenvalue weighted by Gasteiger charge is -2.13. The van der Waals surface area contributed by atoms with Gasteiger partial charge in [-0.25, -0.2) is 0 Å². The highest BCUT2D eigenvalue weighted by molar-refractivity contribution is 6.45. The molecule has 0 saturated carbocycles. The Hall–Kier alpha value is -2.24. The van der Waals surface area contributed by atoms with Gasteiger partial charge in [0.2, 0.25) is 0 Å². The SMILES string of the molecule is CCOC(=O)CC(=O)C(=N)/C=C1\NC=C(C)N=C1C. The van der Waals surface area contributed by atoms with Crippen LogP contribution in [0, 0.1) is 5.41 Å². The molecular formula is C13H17N3O3. The molecule has 0 unspecified atom stereocenters. The maximum absolute atomic E-state index is 11.6. The summed E-state index contributed by atoms with van der Waals surface area (Å²) in [6.45, 7) is 5.50. The van der Waals surface area contributed by atoms with Crippen LogP contribution in [-0.2, 0) is 14.3 Å². The molecule has 0 bridgehead atoms. The third kappa shape index (κ3) is 4.50. The summed E-state index contributed by atoms with van der Waals surface area (Å²) in [5, 5.41) is 10.6. The van der Waals surface area contributed by atoms with Gasteiger partial charge in [0.1, 0.15) is 6.42 Å². The molecule has 1 aliphatic heterocycles. The highest BCUT2D eigenvalue weighted by Gasteiger charge is 2.15. The van der Waals surface area contributed by atoms with Gasteiger partial charge in [-0.15, -0.1) is 0 Å². The van der Waals surface area contributed by atoms with Crippen LogP contribution in [-0.4, -0.2) is 29.8 Å². The molecule has 1 rings (SSSR count). The van der Waals surface area contributed by atoms with E-state index in [1.54, 1.807) is 20.0 Å². The summed E-state index contributed by atoms with van der Waals surface area (Å²) in [6.07, 6.45) is 2.63. The molecule has 19 heavy (non-hydrogen) atoms. The Morgan fingerprint density at radius 1 is 1.47 bits per heavy atom. The maximum Gasteiger partial charge on any atom is 0.313 e. The number of carbonyl (C=O) groups excluding carboxylic acids is 2. The second kappa shape index (κ2) is 6.63. The molecule has 102 valence electrons. The molecule has 0 aromatic heterocycles. The second-order valence-corrected chi connectivity index (χ2v) is 4.00. The standard InChI is InChI=1S/C13H17N3O3/c1-4-19-13(18)6-12(17)10(14)5-11-9(3)16-8(2)7-15-11/h5,7,14-15H,4,6H2,1-3H3/b11-5-,14-10?. The zero-order valence-electron chi connectivity index (χ0n) is 11.2. The highest BCUT2D eigenvalue weighted by Crippen LogP contribution is 2.07. The van der Waals surface area contributed by atoms with Gasteiger partial charge < -0.3 is 10.1 Å². The summed E-state index contributed by atoms with van der Waals surface area (Å²) in [7, 11) is 0. The number of nitrogens with zero attached hydrogens (tertiary/aromatic N) is 1. The minimum Gasteiger partial charge on any atom is -0.466 e. The predicted molar refractivity (Wildman–Crippen MR) is 72.1 cm³/mol. The fourth-order valence-corrected chi connectivity index (χ4v) is 1.45. The number of nitrogens with one attached hydrogen (secondary N) is 2. The quantitative estimate of drug-likeness (QED) is 0.445. The Balaban J connectivity index is 2.67. The zero-order chi connectivity index (χ0) is 14.4. The molecule has 6 heteroatoms. The molecule has 0 aliphatic carbocycles. The molecule has 0 aromatic carbocycles. The van der Waals surface area contributed by atoms with Crippen LogP contribution in [0.25, 0.3) is 0 Å². The van der Waals surface area contributed by atoms with Gasteiger partial charge in [-0.1, -0.05) is 0 Å². The van der Waals surface area contributed by atoms with Gasteiger partial charge in [-0.3, -0.25) is 20.0 Å². The molecule has 0 amide bonds. The first-order valence-corrected chi connectivity index (χ1v) is 5.92. The van der Waals surface area contributed by atoms with E-state index in [9.17, 15) is 9.59 Å². The van der Waals surface area contributed by atoms with Gasteiger partial charge >= 0.3 is 5.97 Å². The van der Waals surface area contributed by atoms with Gasteiger partial charge in [0.05, 0.1) is 29.4 Å². The van der Waals surface area contributed by atoms with E-state index in [0.29, 0.717) is 11.4 Å². The van der Waals surface area contributed by atoms with Crippen molar-refractivity contribution in [3.8, 4) is 0 Å². The number of ether oxygens (including phenoxy) is 1. The van der Waals surface area contributed by atoms with E-state index in [2.05, 4.69) is 15.0 Å². The molecule has 0 saturated heterocycles. The minimum absolute atomic E-state index is 0.220. The number of esters is 1. The normalized spacial score (nSPS) is 16.3. The molecule has 0 radical (unpaired) electrons. The van der Waals surface area contributed by atoms with Crippen LogP contribution < -0.4 is 5.32 Å². The lowest BCUT2D eigenvalue weighted by Crippen LogP contribution is -2.22. The highest BCUT2D eigenvalue weighted by atomic mass is 16.5. The van der Waals surface area contributed by atoms with Crippen molar-refractivity contribution in [3.05, 3.63) is 23.7 Å². The Bertz CT molecular complexity index is 501. The van der Waals surface area contributed by atoms with Crippen LogP contribution in [0.2, 0.25) is 0 Å². The third-order valence-electron chi connectivity index (χ3n) is 2.37. The second-order valence-electron chi connectivity index (χ2n) is 4.00. The summed E-state index contributed by atoms with van der Waals surface area (Å²) in [6, 6.07) is 0. The van der Waals surface area contributed by atoms with Crippen molar-refractivity contribution in [3.63, 3.8) is 0 Å². The number of ketones is 1. The van der Waals surface area contributed by atoms with E-state index in [4.69, 9.17) is 5.41 Å². The number of hydrogen-bond acceptors (Lipinski definition) is 6. The van der Waals surface area contributed by atoms with E-state index >= 15 is 0 Å². The van der Waals surface area contributed by atoms with Crippen LogP contribution in [0.4, 0.5) is 0 Å².